The lowest BCUT2D eigenvalue weighted by Crippen LogP contribution is -1.89. The second-order valence-corrected chi connectivity index (χ2v) is 4.66. The van der Waals surface area contributed by atoms with E-state index in [4.69, 9.17) is 23.2 Å². The molecule has 3 aromatic rings. The van der Waals surface area contributed by atoms with Crippen molar-refractivity contribution in [1.82, 2.24) is 4.98 Å². The van der Waals surface area contributed by atoms with Crippen LogP contribution < -0.4 is 0 Å². The van der Waals surface area contributed by atoms with Gasteiger partial charge in [0.15, 0.2) is 0 Å². The van der Waals surface area contributed by atoms with Gasteiger partial charge in [0.1, 0.15) is 6.07 Å². The molecular formula is C14H6Cl2N2. The highest BCUT2D eigenvalue weighted by Crippen LogP contribution is 2.34. The Hall–Kier alpha value is -1.82. The number of para-hydroxylation sites is 1. The maximum absolute atomic E-state index is 9.37. The van der Waals surface area contributed by atoms with Crippen molar-refractivity contribution in [3.63, 3.8) is 0 Å². The molecule has 0 aliphatic carbocycles. The highest BCUT2D eigenvalue weighted by atomic mass is 35.5. The first kappa shape index (κ1) is 11.3. The monoisotopic (exact) mass is 272 g/mol. The molecule has 0 unspecified atom stereocenters. The number of hydrogen-bond donors (Lipinski definition) is 0. The van der Waals surface area contributed by atoms with E-state index in [9.17, 15) is 5.26 Å². The summed E-state index contributed by atoms with van der Waals surface area (Å²) in [7, 11) is 0. The van der Waals surface area contributed by atoms with Gasteiger partial charge in [-0.1, -0.05) is 41.4 Å². The topological polar surface area (TPSA) is 36.7 Å². The van der Waals surface area contributed by atoms with Gasteiger partial charge in [-0.25, -0.2) is 4.98 Å². The fraction of sp³-hybridized carbons (Fsp3) is 0. The summed E-state index contributed by atoms with van der Waals surface area (Å²) in [6.45, 7) is 0. The predicted molar refractivity (Wildman–Crippen MR) is 74.0 cm³/mol. The normalized spacial score (nSPS) is 10.7. The number of benzene rings is 2. The summed E-state index contributed by atoms with van der Waals surface area (Å²) in [6.07, 6.45) is 0. The molecule has 1 aromatic heterocycles. The van der Waals surface area contributed by atoms with Gasteiger partial charge in [0.05, 0.1) is 26.6 Å². The van der Waals surface area contributed by atoms with Crippen molar-refractivity contribution < 1.29 is 0 Å². The number of pyridine rings is 1. The molecule has 86 valence electrons. The van der Waals surface area contributed by atoms with Gasteiger partial charge in [-0.3, -0.25) is 0 Å². The van der Waals surface area contributed by atoms with Gasteiger partial charge < -0.3 is 0 Å². The number of fused-ring (bicyclic) bond motifs is 2. The highest BCUT2D eigenvalue weighted by Gasteiger charge is 2.13. The number of halogens is 2. The summed E-state index contributed by atoms with van der Waals surface area (Å²) in [5.41, 5.74) is 1.97. The summed E-state index contributed by atoms with van der Waals surface area (Å²) >= 11 is 12.2. The van der Waals surface area contributed by atoms with Crippen LogP contribution in [0.5, 0.6) is 0 Å². The minimum atomic E-state index is 0.379. The molecule has 2 nitrogen and oxygen atoms in total. The molecule has 0 radical (unpaired) electrons. The first-order valence-electron chi connectivity index (χ1n) is 5.29. The van der Waals surface area contributed by atoms with Crippen LogP contribution >= 0.6 is 23.2 Å². The van der Waals surface area contributed by atoms with E-state index in [1.807, 2.05) is 24.3 Å². The van der Waals surface area contributed by atoms with E-state index < -0.39 is 0 Å². The maximum Gasteiger partial charge on any atom is 0.101 e. The van der Waals surface area contributed by atoms with Crippen LogP contribution in [0.15, 0.2) is 36.4 Å². The molecule has 0 atom stereocenters. The van der Waals surface area contributed by atoms with Gasteiger partial charge in [-0.2, -0.15) is 5.26 Å². The van der Waals surface area contributed by atoms with Crippen molar-refractivity contribution in [2.45, 2.75) is 0 Å². The molecule has 0 saturated carbocycles. The van der Waals surface area contributed by atoms with Crippen LogP contribution in [-0.2, 0) is 0 Å². The Kier molecular flexibility index (Phi) is 2.59. The van der Waals surface area contributed by atoms with Gasteiger partial charge >= 0.3 is 0 Å². The van der Waals surface area contributed by atoms with Crippen molar-refractivity contribution in [3.05, 3.63) is 52.0 Å². The molecule has 4 heteroatoms. The second-order valence-electron chi connectivity index (χ2n) is 3.87. The minimum Gasteiger partial charge on any atom is -0.248 e. The zero-order valence-electron chi connectivity index (χ0n) is 9.11. The van der Waals surface area contributed by atoms with Gasteiger partial charge in [0.2, 0.25) is 0 Å². The van der Waals surface area contributed by atoms with E-state index in [1.54, 1.807) is 12.1 Å². The molecule has 2 aromatic carbocycles. The molecule has 0 spiro atoms. The van der Waals surface area contributed by atoms with Crippen LogP contribution in [0.1, 0.15) is 5.56 Å². The second kappa shape index (κ2) is 4.13. The Bertz CT molecular complexity index is 819. The fourth-order valence-corrected chi connectivity index (χ4v) is 2.45. The summed E-state index contributed by atoms with van der Waals surface area (Å²) in [4.78, 5) is 4.49. The smallest absolute Gasteiger partial charge is 0.101 e. The highest BCUT2D eigenvalue weighted by molar-refractivity contribution is 6.45. The minimum absolute atomic E-state index is 0.379. The van der Waals surface area contributed by atoms with Gasteiger partial charge in [0.25, 0.3) is 0 Å². The molecule has 0 bridgehead atoms. The standard InChI is InChI=1S/C14H6Cl2N2/c15-10-5-6-12-13(14(10)16)9(7-17)8-3-1-2-4-11(8)18-12/h1-6H. The number of hydrogen-bond acceptors (Lipinski definition) is 2. The number of aromatic nitrogens is 1. The number of nitrogens with zero attached hydrogens (tertiary/aromatic N) is 2. The van der Waals surface area contributed by atoms with Crippen LogP contribution in [0.25, 0.3) is 21.8 Å². The van der Waals surface area contributed by atoms with E-state index >= 15 is 0 Å². The van der Waals surface area contributed by atoms with E-state index in [-0.39, 0.29) is 0 Å². The van der Waals surface area contributed by atoms with Crippen LogP contribution in [0, 0.1) is 11.3 Å². The molecule has 18 heavy (non-hydrogen) atoms. The SMILES string of the molecule is N#Cc1c2ccccc2nc2ccc(Cl)c(Cl)c12. The van der Waals surface area contributed by atoms with E-state index in [2.05, 4.69) is 11.1 Å². The third-order valence-corrected chi connectivity index (χ3v) is 3.65. The third-order valence-electron chi connectivity index (χ3n) is 2.85. The van der Waals surface area contributed by atoms with E-state index in [0.29, 0.717) is 26.5 Å². The Balaban J connectivity index is 2.65. The average Bonchev–Trinajstić information content (AvgIpc) is 2.41. The van der Waals surface area contributed by atoms with Crippen molar-refractivity contribution in [2.24, 2.45) is 0 Å². The molecule has 0 aliphatic heterocycles. The lowest BCUT2D eigenvalue weighted by Gasteiger charge is -2.07. The summed E-state index contributed by atoms with van der Waals surface area (Å²) < 4.78 is 0. The maximum atomic E-state index is 9.37. The quantitative estimate of drug-likeness (QED) is 0.563. The van der Waals surface area contributed by atoms with Crippen molar-refractivity contribution in [2.75, 3.05) is 0 Å². The van der Waals surface area contributed by atoms with Crippen LogP contribution in [0.4, 0.5) is 0 Å². The molecule has 0 aliphatic rings. The largest absolute Gasteiger partial charge is 0.248 e. The van der Waals surface area contributed by atoms with Crippen molar-refractivity contribution in [3.8, 4) is 6.07 Å². The Morgan fingerprint density at radius 2 is 1.78 bits per heavy atom. The number of nitriles is 1. The zero-order valence-corrected chi connectivity index (χ0v) is 10.6. The molecule has 3 rings (SSSR count). The van der Waals surface area contributed by atoms with E-state index in [1.165, 1.54) is 0 Å². The van der Waals surface area contributed by atoms with Crippen LogP contribution in [0.3, 0.4) is 0 Å². The molecule has 0 amide bonds. The van der Waals surface area contributed by atoms with Gasteiger partial charge in [0, 0.05) is 10.8 Å². The fourth-order valence-electron chi connectivity index (χ4n) is 2.03. The zero-order chi connectivity index (χ0) is 12.7. The summed E-state index contributed by atoms with van der Waals surface area (Å²) in [5.74, 6) is 0. The Morgan fingerprint density at radius 3 is 2.56 bits per heavy atom. The first-order valence-corrected chi connectivity index (χ1v) is 6.04. The third kappa shape index (κ3) is 1.53. The van der Waals surface area contributed by atoms with Gasteiger partial charge in [-0.15, -0.1) is 0 Å². The first-order chi connectivity index (χ1) is 8.72. The average molecular weight is 273 g/mol. The van der Waals surface area contributed by atoms with Crippen LogP contribution in [0.2, 0.25) is 10.0 Å². The lowest BCUT2D eigenvalue weighted by atomic mass is 10.0. The Morgan fingerprint density at radius 1 is 1.00 bits per heavy atom. The van der Waals surface area contributed by atoms with Crippen LogP contribution in [-0.4, -0.2) is 4.98 Å². The van der Waals surface area contributed by atoms with E-state index in [0.717, 1.165) is 10.9 Å². The molecule has 0 fully saturated rings. The van der Waals surface area contributed by atoms with Gasteiger partial charge in [-0.05, 0) is 18.2 Å². The molecular weight excluding hydrogens is 267 g/mol. The molecule has 0 saturated heterocycles. The van der Waals surface area contributed by atoms with Crippen molar-refractivity contribution >= 4 is 45.0 Å². The number of rotatable bonds is 0. The van der Waals surface area contributed by atoms with Crippen molar-refractivity contribution in [1.29, 1.82) is 5.26 Å². The lowest BCUT2D eigenvalue weighted by molar-refractivity contribution is 1.47. The Labute approximate surface area is 113 Å². The summed E-state index contributed by atoms with van der Waals surface area (Å²) in [5, 5.41) is 11.6. The molecule has 1 heterocycles. The predicted octanol–water partition coefficient (Wildman–Crippen LogP) is 4.57. The molecule has 0 N–H and O–H groups in total. The summed E-state index contributed by atoms with van der Waals surface area (Å²) in [6, 6.07) is 13.2.